The Hall–Kier alpha value is -0.130. The number of sulfone groups is 1. The number of nitrogens with zero attached hydrogens (tertiary/aromatic N) is 1. The van der Waals surface area contributed by atoms with Crippen LogP contribution in [0.5, 0.6) is 0 Å². The molecule has 1 saturated carbocycles. The quantitative estimate of drug-likeness (QED) is 0.808. The van der Waals surface area contributed by atoms with Crippen molar-refractivity contribution in [3.63, 3.8) is 0 Å². The van der Waals surface area contributed by atoms with Crippen molar-refractivity contribution >= 4 is 9.84 Å². The van der Waals surface area contributed by atoms with Gasteiger partial charge in [0, 0.05) is 18.6 Å². The fourth-order valence-electron chi connectivity index (χ4n) is 3.11. The van der Waals surface area contributed by atoms with E-state index in [9.17, 15) is 8.42 Å². The first-order chi connectivity index (χ1) is 7.98. The lowest BCUT2D eigenvalue weighted by molar-refractivity contribution is 0.178. The first-order valence-electron chi connectivity index (χ1n) is 6.64. The first kappa shape index (κ1) is 13.3. The normalized spacial score (nSPS) is 37.5. The molecule has 5 heteroatoms. The van der Waals surface area contributed by atoms with Gasteiger partial charge in [-0.15, -0.1) is 0 Å². The molecule has 2 fully saturated rings. The number of hydrogen-bond donors (Lipinski definition) is 1. The monoisotopic (exact) mass is 260 g/mol. The summed E-state index contributed by atoms with van der Waals surface area (Å²) in [5.74, 6) is 1.25. The molecule has 0 amide bonds. The minimum absolute atomic E-state index is 0.217. The second-order valence-corrected chi connectivity index (χ2v) is 7.93. The largest absolute Gasteiger partial charge is 0.327 e. The summed E-state index contributed by atoms with van der Waals surface area (Å²) >= 11 is 0. The van der Waals surface area contributed by atoms with E-state index in [4.69, 9.17) is 5.73 Å². The van der Waals surface area contributed by atoms with E-state index in [1.807, 2.05) is 7.05 Å². The molecule has 0 aromatic carbocycles. The molecule has 2 aliphatic rings. The lowest BCUT2D eigenvalue weighted by atomic mass is 9.84. The van der Waals surface area contributed by atoms with Crippen molar-refractivity contribution in [2.75, 3.05) is 25.1 Å². The Morgan fingerprint density at radius 1 is 1.24 bits per heavy atom. The van der Waals surface area contributed by atoms with Crippen LogP contribution in [-0.4, -0.2) is 50.5 Å². The summed E-state index contributed by atoms with van der Waals surface area (Å²) in [7, 11) is -0.719. The highest BCUT2D eigenvalue weighted by molar-refractivity contribution is 7.91. The van der Waals surface area contributed by atoms with Crippen LogP contribution in [0, 0.1) is 5.92 Å². The lowest BCUT2D eigenvalue weighted by Crippen LogP contribution is -2.43. The highest BCUT2D eigenvalue weighted by Gasteiger charge is 2.32. The summed E-state index contributed by atoms with van der Waals surface area (Å²) in [6.07, 6.45) is 5.64. The van der Waals surface area contributed by atoms with Crippen LogP contribution in [0.25, 0.3) is 0 Å². The predicted octanol–water partition coefficient (Wildman–Crippen LogP) is 0.623. The van der Waals surface area contributed by atoms with Gasteiger partial charge in [-0.3, -0.25) is 0 Å². The van der Waals surface area contributed by atoms with E-state index >= 15 is 0 Å². The third-order valence-electron chi connectivity index (χ3n) is 4.32. The molecule has 1 saturated heterocycles. The second kappa shape index (κ2) is 5.24. The van der Waals surface area contributed by atoms with Crippen molar-refractivity contribution in [1.29, 1.82) is 0 Å². The standard InChI is InChI=1S/C12H24N2O2S/c1-14(11-6-7-17(15,16)9-11)8-10-4-2-3-5-12(10)13/h10-12H,2-9,13H2,1H3. The van der Waals surface area contributed by atoms with Gasteiger partial charge in [0.05, 0.1) is 11.5 Å². The van der Waals surface area contributed by atoms with Crippen LogP contribution >= 0.6 is 0 Å². The molecule has 0 aromatic rings. The van der Waals surface area contributed by atoms with E-state index in [0.29, 0.717) is 23.5 Å². The maximum atomic E-state index is 11.5. The molecule has 3 unspecified atom stereocenters. The molecule has 1 aliphatic heterocycles. The second-order valence-electron chi connectivity index (χ2n) is 5.70. The Labute approximate surface area is 104 Å². The fourth-order valence-corrected chi connectivity index (χ4v) is 4.91. The zero-order valence-electron chi connectivity index (χ0n) is 10.6. The molecule has 1 aliphatic carbocycles. The number of rotatable bonds is 3. The molecule has 0 spiro atoms. The van der Waals surface area contributed by atoms with Crippen LogP contribution in [0.1, 0.15) is 32.1 Å². The third-order valence-corrected chi connectivity index (χ3v) is 6.07. The van der Waals surface area contributed by atoms with Crippen molar-refractivity contribution in [3.05, 3.63) is 0 Å². The van der Waals surface area contributed by atoms with Crippen LogP contribution in [0.4, 0.5) is 0 Å². The van der Waals surface area contributed by atoms with E-state index in [1.165, 1.54) is 19.3 Å². The maximum absolute atomic E-state index is 11.5. The van der Waals surface area contributed by atoms with Crippen LogP contribution < -0.4 is 5.73 Å². The molecule has 100 valence electrons. The van der Waals surface area contributed by atoms with Crippen molar-refractivity contribution < 1.29 is 8.42 Å². The summed E-state index contributed by atoms with van der Waals surface area (Å²) in [6, 6.07) is 0.526. The Kier molecular flexibility index (Phi) is 4.10. The first-order valence-corrected chi connectivity index (χ1v) is 8.46. The molecule has 0 radical (unpaired) electrons. The Balaban J connectivity index is 1.86. The topological polar surface area (TPSA) is 63.4 Å². The highest BCUT2D eigenvalue weighted by atomic mass is 32.2. The van der Waals surface area contributed by atoms with Crippen LogP contribution in [0.3, 0.4) is 0 Å². The summed E-state index contributed by atoms with van der Waals surface area (Å²) in [4.78, 5) is 2.22. The number of nitrogens with two attached hydrogens (primary N) is 1. The van der Waals surface area contributed by atoms with Gasteiger partial charge >= 0.3 is 0 Å². The molecule has 3 atom stereocenters. The van der Waals surface area contributed by atoms with Gasteiger partial charge < -0.3 is 10.6 Å². The third kappa shape index (κ3) is 3.42. The van der Waals surface area contributed by atoms with Gasteiger partial charge in [-0.1, -0.05) is 12.8 Å². The minimum Gasteiger partial charge on any atom is -0.327 e. The molecule has 17 heavy (non-hydrogen) atoms. The van der Waals surface area contributed by atoms with Crippen molar-refractivity contribution in [3.8, 4) is 0 Å². The van der Waals surface area contributed by atoms with E-state index in [1.54, 1.807) is 0 Å². The molecule has 2 rings (SSSR count). The Morgan fingerprint density at radius 3 is 2.53 bits per heavy atom. The zero-order valence-corrected chi connectivity index (χ0v) is 11.5. The molecule has 2 N–H and O–H groups in total. The van der Waals surface area contributed by atoms with E-state index in [0.717, 1.165) is 19.4 Å². The average Bonchev–Trinajstić information content (AvgIpc) is 2.62. The van der Waals surface area contributed by atoms with Crippen LogP contribution in [-0.2, 0) is 9.84 Å². The number of hydrogen-bond acceptors (Lipinski definition) is 4. The molecule has 0 aromatic heterocycles. The van der Waals surface area contributed by atoms with Gasteiger partial charge in [0.1, 0.15) is 0 Å². The van der Waals surface area contributed by atoms with E-state index < -0.39 is 9.84 Å². The summed E-state index contributed by atoms with van der Waals surface area (Å²) in [5.41, 5.74) is 6.13. The Bertz CT molecular complexity index is 356. The van der Waals surface area contributed by atoms with Crippen molar-refractivity contribution in [2.24, 2.45) is 11.7 Å². The zero-order chi connectivity index (χ0) is 12.5. The van der Waals surface area contributed by atoms with Crippen LogP contribution in [0.2, 0.25) is 0 Å². The highest BCUT2D eigenvalue weighted by Crippen LogP contribution is 2.25. The SMILES string of the molecule is CN(CC1CCCCC1N)C1CCS(=O)(=O)C1. The minimum atomic E-state index is -2.77. The maximum Gasteiger partial charge on any atom is 0.151 e. The summed E-state index contributed by atoms with van der Waals surface area (Å²) in [6.45, 7) is 0.960. The predicted molar refractivity (Wildman–Crippen MR) is 69.6 cm³/mol. The van der Waals surface area contributed by atoms with Crippen molar-refractivity contribution in [1.82, 2.24) is 4.90 Å². The fraction of sp³-hybridized carbons (Fsp3) is 1.00. The van der Waals surface area contributed by atoms with Gasteiger partial charge in [-0.2, -0.15) is 0 Å². The molecule has 0 bridgehead atoms. The van der Waals surface area contributed by atoms with Crippen LogP contribution in [0.15, 0.2) is 0 Å². The van der Waals surface area contributed by atoms with Gasteiger partial charge in [-0.25, -0.2) is 8.42 Å². The molecular formula is C12H24N2O2S. The molecular weight excluding hydrogens is 236 g/mol. The Morgan fingerprint density at radius 2 is 1.94 bits per heavy atom. The van der Waals surface area contributed by atoms with E-state index in [-0.39, 0.29) is 6.04 Å². The van der Waals surface area contributed by atoms with Gasteiger partial charge in [0.15, 0.2) is 9.84 Å². The van der Waals surface area contributed by atoms with Crippen molar-refractivity contribution in [2.45, 2.75) is 44.2 Å². The van der Waals surface area contributed by atoms with Gasteiger partial charge in [-0.05, 0) is 32.2 Å². The molecule has 4 nitrogen and oxygen atoms in total. The van der Waals surface area contributed by atoms with Gasteiger partial charge in [0.25, 0.3) is 0 Å². The summed E-state index contributed by atoms with van der Waals surface area (Å²) < 4.78 is 22.9. The average molecular weight is 260 g/mol. The summed E-state index contributed by atoms with van der Waals surface area (Å²) in [5, 5.41) is 0. The smallest absolute Gasteiger partial charge is 0.151 e. The van der Waals surface area contributed by atoms with Gasteiger partial charge in [0.2, 0.25) is 0 Å². The van der Waals surface area contributed by atoms with E-state index in [2.05, 4.69) is 4.90 Å². The lowest BCUT2D eigenvalue weighted by Gasteiger charge is -2.34. The molecule has 1 heterocycles.